The Balaban J connectivity index is 1.74. The van der Waals surface area contributed by atoms with Crippen molar-refractivity contribution in [1.29, 1.82) is 0 Å². The fourth-order valence-electron chi connectivity index (χ4n) is 3.51. The SMILES string of the molecule is O=S(=O)(O)c1cccc2cc(Cc3ccc4c(S(=O)(=O)O)cccc4c3)ccc12. The Labute approximate surface area is 167 Å². The molecular weight excluding hydrogens is 412 g/mol. The Morgan fingerprint density at radius 3 is 1.38 bits per heavy atom. The van der Waals surface area contributed by atoms with Gasteiger partial charge >= 0.3 is 0 Å². The van der Waals surface area contributed by atoms with E-state index >= 15 is 0 Å². The Morgan fingerprint density at radius 1 is 0.586 bits per heavy atom. The first-order chi connectivity index (χ1) is 13.6. The molecule has 4 aromatic rings. The Kier molecular flexibility index (Phi) is 4.66. The van der Waals surface area contributed by atoms with Crippen molar-refractivity contribution >= 4 is 41.8 Å². The molecule has 2 N–H and O–H groups in total. The molecule has 0 amide bonds. The third-order valence-electron chi connectivity index (χ3n) is 4.77. The summed E-state index contributed by atoms with van der Waals surface area (Å²) in [4.78, 5) is -0.269. The number of fused-ring (bicyclic) bond motifs is 2. The molecule has 0 spiro atoms. The van der Waals surface area contributed by atoms with Crippen molar-refractivity contribution in [2.24, 2.45) is 0 Å². The van der Waals surface area contributed by atoms with Crippen LogP contribution in [-0.4, -0.2) is 25.9 Å². The second-order valence-corrected chi connectivity index (χ2v) is 9.53. The lowest BCUT2D eigenvalue weighted by molar-refractivity contribution is 0.482. The van der Waals surface area contributed by atoms with E-state index in [0.717, 1.165) is 11.1 Å². The van der Waals surface area contributed by atoms with Gasteiger partial charge in [0.15, 0.2) is 0 Å². The minimum absolute atomic E-state index is 0.134. The number of hydrogen-bond acceptors (Lipinski definition) is 4. The van der Waals surface area contributed by atoms with Crippen molar-refractivity contribution in [2.45, 2.75) is 16.2 Å². The molecule has 6 nitrogen and oxygen atoms in total. The fraction of sp³-hybridized carbons (Fsp3) is 0.0476. The van der Waals surface area contributed by atoms with Crippen LogP contribution in [0.15, 0.2) is 82.6 Å². The van der Waals surface area contributed by atoms with E-state index in [1.807, 2.05) is 12.1 Å². The van der Waals surface area contributed by atoms with Crippen molar-refractivity contribution in [3.8, 4) is 0 Å². The highest BCUT2D eigenvalue weighted by molar-refractivity contribution is 7.86. The Bertz CT molecular complexity index is 1360. The molecule has 0 saturated heterocycles. The maximum atomic E-state index is 11.5. The molecule has 0 saturated carbocycles. The van der Waals surface area contributed by atoms with E-state index in [-0.39, 0.29) is 9.79 Å². The van der Waals surface area contributed by atoms with Gasteiger partial charge in [0.05, 0.1) is 0 Å². The average molecular weight is 428 g/mol. The van der Waals surface area contributed by atoms with Crippen LogP contribution in [0.5, 0.6) is 0 Å². The quantitative estimate of drug-likeness (QED) is 0.474. The first-order valence-corrected chi connectivity index (χ1v) is 11.5. The van der Waals surface area contributed by atoms with Crippen molar-refractivity contribution in [2.75, 3.05) is 0 Å². The summed E-state index contributed by atoms with van der Waals surface area (Å²) in [7, 11) is -8.62. The summed E-state index contributed by atoms with van der Waals surface area (Å²) in [6.07, 6.45) is 0.540. The number of rotatable bonds is 4. The van der Waals surface area contributed by atoms with E-state index in [1.54, 1.807) is 48.5 Å². The molecular formula is C21H16O6S2. The molecule has 148 valence electrons. The molecule has 0 atom stereocenters. The maximum Gasteiger partial charge on any atom is 0.295 e. The second kappa shape index (κ2) is 6.93. The molecule has 0 bridgehead atoms. The lowest BCUT2D eigenvalue weighted by Crippen LogP contribution is -1.99. The smallest absolute Gasteiger partial charge is 0.282 e. The fourth-order valence-corrected chi connectivity index (χ4v) is 4.94. The van der Waals surface area contributed by atoms with Crippen LogP contribution in [0.4, 0.5) is 0 Å². The van der Waals surface area contributed by atoms with Gasteiger partial charge in [-0.1, -0.05) is 60.7 Å². The van der Waals surface area contributed by atoms with Crippen molar-refractivity contribution in [3.05, 3.63) is 83.9 Å². The molecule has 0 aliphatic rings. The summed E-state index contributed by atoms with van der Waals surface area (Å²) in [6.45, 7) is 0. The summed E-state index contributed by atoms with van der Waals surface area (Å²) >= 11 is 0. The molecule has 0 radical (unpaired) electrons. The lowest BCUT2D eigenvalue weighted by atomic mass is 9.99. The zero-order valence-corrected chi connectivity index (χ0v) is 16.6. The average Bonchev–Trinajstić information content (AvgIpc) is 2.65. The molecule has 0 aliphatic carbocycles. The summed E-state index contributed by atoms with van der Waals surface area (Å²) in [5, 5.41) is 2.25. The first-order valence-electron chi connectivity index (χ1n) is 8.61. The third kappa shape index (κ3) is 3.88. The van der Waals surface area contributed by atoms with Gasteiger partial charge in [0.1, 0.15) is 9.79 Å². The third-order valence-corrected chi connectivity index (χ3v) is 6.60. The molecule has 4 aromatic carbocycles. The van der Waals surface area contributed by atoms with Crippen LogP contribution in [-0.2, 0) is 26.7 Å². The van der Waals surface area contributed by atoms with E-state index in [2.05, 4.69) is 0 Å². The largest absolute Gasteiger partial charge is 0.295 e. The van der Waals surface area contributed by atoms with E-state index in [1.165, 1.54) is 12.1 Å². The number of benzene rings is 4. The minimum Gasteiger partial charge on any atom is -0.282 e. The van der Waals surface area contributed by atoms with Crippen molar-refractivity contribution in [3.63, 3.8) is 0 Å². The van der Waals surface area contributed by atoms with Gasteiger partial charge in [0.2, 0.25) is 0 Å². The van der Waals surface area contributed by atoms with Crippen LogP contribution in [0.25, 0.3) is 21.5 Å². The number of hydrogen-bond donors (Lipinski definition) is 2. The molecule has 0 fully saturated rings. The summed E-state index contributed by atoms with van der Waals surface area (Å²) < 4.78 is 64.9. The highest BCUT2D eigenvalue weighted by Gasteiger charge is 2.15. The van der Waals surface area contributed by atoms with Gasteiger partial charge < -0.3 is 0 Å². The Hall–Kier alpha value is -2.78. The predicted octanol–water partition coefficient (Wildman–Crippen LogP) is 4.08. The minimum atomic E-state index is -4.31. The van der Waals surface area contributed by atoms with Crippen molar-refractivity contribution in [1.82, 2.24) is 0 Å². The van der Waals surface area contributed by atoms with Crippen LogP contribution in [0.1, 0.15) is 11.1 Å². The standard InChI is InChI=1S/C21H16O6S2/c22-28(23,24)20-5-1-3-16-12-14(7-9-18(16)20)11-15-8-10-19-17(13-15)4-2-6-21(19)29(25,26)27/h1-10,12-13H,11H2,(H,22,23,24)(H,25,26,27). The highest BCUT2D eigenvalue weighted by atomic mass is 32.2. The van der Waals surface area contributed by atoms with Crippen LogP contribution < -0.4 is 0 Å². The van der Waals surface area contributed by atoms with Gasteiger partial charge in [-0.25, -0.2) is 0 Å². The van der Waals surface area contributed by atoms with Gasteiger partial charge in [0, 0.05) is 10.8 Å². The van der Waals surface area contributed by atoms with Crippen LogP contribution in [0.3, 0.4) is 0 Å². The van der Waals surface area contributed by atoms with Gasteiger partial charge in [-0.05, 0) is 40.5 Å². The molecule has 8 heteroatoms. The highest BCUT2D eigenvalue weighted by Crippen LogP contribution is 2.27. The molecule has 4 rings (SSSR count). The summed E-state index contributed by atoms with van der Waals surface area (Å²) in [5.74, 6) is 0. The monoisotopic (exact) mass is 428 g/mol. The maximum absolute atomic E-state index is 11.5. The van der Waals surface area contributed by atoms with E-state index in [0.29, 0.717) is 28.0 Å². The zero-order valence-electron chi connectivity index (χ0n) is 15.0. The molecule has 0 unspecified atom stereocenters. The molecule has 0 heterocycles. The molecule has 0 aromatic heterocycles. The molecule has 29 heavy (non-hydrogen) atoms. The topological polar surface area (TPSA) is 109 Å². The van der Waals surface area contributed by atoms with E-state index in [9.17, 15) is 25.9 Å². The molecule has 0 aliphatic heterocycles. The Morgan fingerprint density at radius 2 is 1.00 bits per heavy atom. The van der Waals surface area contributed by atoms with Gasteiger partial charge in [-0.2, -0.15) is 16.8 Å². The zero-order chi connectivity index (χ0) is 20.8. The van der Waals surface area contributed by atoms with Crippen molar-refractivity contribution < 1.29 is 25.9 Å². The van der Waals surface area contributed by atoms with Crippen LogP contribution >= 0.6 is 0 Å². The predicted molar refractivity (Wildman–Crippen MR) is 110 cm³/mol. The van der Waals surface area contributed by atoms with Crippen LogP contribution in [0.2, 0.25) is 0 Å². The van der Waals surface area contributed by atoms with E-state index < -0.39 is 20.2 Å². The summed E-state index contributed by atoms with van der Waals surface area (Å²) in [6, 6.07) is 20.0. The van der Waals surface area contributed by atoms with Gasteiger partial charge in [-0.3, -0.25) is 9.11 Å². The normalized spacial score (nSPS) is 12.5. The summed E-state index contributed by atoms with van der Waals surface area (Å²) in [5.41, 5.74) is 1.85. The lowest BCUT2D eigenvalue weighted by Gasteiger charge is -2.09. The van der Waals surface area contributed by atoms with Gasteiger partial charge in [0.25, 0.3) is 20.2 Å². The first kappa shape index (κ1) is 19.5. The van der Waals surface area contributed by atoms with Crippen LogP contribution in [0, 0.1) is 0 Å². The van der Waals surface area contributed by atoms with E-state index in [4.69, 9.17) is 0 Å². The van der Waals surface area contributed by atoms with Gasteiger partial charge in [-0.15, -0.1) is 0 Å². The second-order valence-electron chi connectivity index (χ2n) is 6.75.